The third-order valence-corrected chi connectivity index (χ3v) is 2.03. The van der Waals surface area contributed by atoms with Crippen LogP contribution in [0.2, 0.25) is 0 Å². The van der Waals surface area contributed by atoms with Crippen LogP contribution in [0.4, 0.5) is 0 Å². The second-order valence-corrected chi connectivity index (χ2v) is 3.20. The van der Waals surface area contributed by atoms with Gasteiger partial charge in [-0.25, -0.2) is 0 Å². The molecule has 0 rings (SSSR count). The van der Waals surface area contributed by atoms with E-state index in [1.54, 1.807) is 7.11 Å². The van der Waals surface area contributed by atoms with Crippen molar-refractivity contribution in [1.82, 2.24) is 5.32 Å². The van der Waals surface area contributed by atoms with Crippen LogP contribution in [0, 0.1) is 0 Å². The third kappa shape index (κ3) is 8.22. The minimum Gasteiger partial charge on any atom is -0.383 e. The number of methoxy groups -OCH3 is 1. The molecule has 0 aromatic rings. The van der Waals surface area contributed by atoms with Gasteiger partial charge in [0.1, 0.15) is 0 Å². The molecule has 13 heavy (non-hydrogen) atoms. The van der Waals surface area contributed by atoms with Gasteiger partial charge in [-0.1, -0.05) is 13.3 Å². The maximum Gasteiger partial charge on any atom is 0.0616 e. The Balaban J connectivity index is 3.17. The Morgan fingerprint density at radius 2 is 2.08 bits per heavy atom. The maximum absolute atomic E-state index is 5.46. The molecule has 0 aromatic heterocycles. The highest BCUT2D eigenvalue weighted by atomic mass is 16.5. The number of hydrogen-bond donors (Lipinski definition) is 1. The number of likely N-dealkylation sites (N-methyl/N-ethyl adjacent to an activating group) is 1. The van der Waals surface area contributed by atoms with Gasteiger partial charge in [-0.15, -0.1) is 0 Å². The molecular weight excluding hydrogens is 166 g/mol. The lowest BCUT2D eigenvalue weighted by atomic mass is 10.2. The van der Waals surface area contributed by atoms with Crippen molar-refractivity contribution >= 4 is 0 Å². The van der Waals surface area contributed by atoms with E-state index in [0.29, 0.717) is 6.04 Å². The van der Waals surface area contributed by atoms with Crippen LogP contribution >= 0.6 is 0 Å². The van der Waals surface area contributed by atoms with Crippen molar-refractivity contribution in [2.75, 3.05) is 34.0 Å². The van der Waals surface area contributed by atoms with Crippen molar-refractivity contribution in [2.45, 2.75) is 32.2 Å². The first-order chi connectivity index (χ1) is 6.35. The number of nitrogens with one attached hydrogen (secondary N) is 1. The molecule has 3 nitrogen and oxygen atoms in total. The predicted molar refractivity (Wildman–Crippen MR) is 55.1 cm³/mol. The van der Waals surface area contributed by atoms with Gasteiger partial charge < -0.3 is 14.8 Å². The van der Waals surface area contributed by atoms with Gasteiger partial charge in [0, 0.05) is 26.4 Å². The van der Waals surface area contributed by atoms with Gasteiger partial charge in [0.25, 0.3) is 0 Å². The Morgan fingerprint density at radius 1 is 1.31 bits per heavy atom. The molecule has 0 aliphatic rings. The zero-order chi connectivity index (χ0) is 9.94. The normalized spacial score (nSPS) is 13.2. The van der Waals surface area contributed by atoms with Crippen LogP contribution in [-0.4, -0.2) is 40.0 Å². The summed E-state index contributed by atoms with van der Waals surface area (Å²) in [6.07, 6.45) is 3.38. The minimum atomic E-state index is 0.423. The summed E-state index contributed by atoms with van der Waals surface area (Å²) in [5, 5.41) is 3.19. The van der Waals surface area contributed by atoms with Crippen LogP contribution in [0.15, 0.2) is 0 Å². The lowest BCUT2D eigenvalue weighted by molar-refractivity contribution is 0.103. The molecule has 0 saturated heterocycles. The Hall–Kier alpha value is -0.120. The summed E-state index contributed by atoms with van der Waals surface area (Å²) in [6, 6.07) is 0.423. The van der Waals surface area contributed by atoms with Crippen LogP contribution in [0.1, 0.15) is 26.2 Å². The van der Waals surface area contributed by atoms with Crippen LogP contribution in [0.5, 0.6) is 0 Å². The molecule has 0 amide bonds. The molecule has 0 aliphatic heterocycles. The molecular formula is C10H23NO2. The van der Waals surface area contributed by atoms with Crippen molar-refractivity contribution in [3.63, 3.8) is 0 Å². The third-order valence-electron chi connectivity index (χ3n) is 2.03. The molecule has 0 spiro atoms. The lowest BCUT2D eigenvalue weighted by Crippen LogP contribution is -2.31. The van der Waals surface area contributed by atoms with E-state index in [4.69, 9.17) is 9.47 Å². The van der Waals surface area contributed by atoms with E-state index in [9.17, 15) is 0 Å². The standard InChI is InChI=1S/C10H23NO2/c1-4-5-7-13-8-6-10(11-2)9-12-3/h10-11H,4-9H2,1-3H3. The molecule has 1 unspecified atom stereocenters. The predicted octanol–water partition coefficient (Wildman–Crippen LogP) is 1.43. The number of rotatable bonds is 9. The van der Waals surface area contributed by atoms with Gasteiger partial charge in [0.2, 0.25) is 0 Å². The van der Waals surface area contributed by atoms with E-state index >= 15 is 0 Å². The van der Waals surface area contributed by atoms with E-state index < -0.39 is 0 Å². The Labute approximate surface area is 81.8 Å². The lowest BCUT2D eigenvalue weighted by Gasteiger charge is -2.14. The van der Waals surface area contributed by atoms with Gasteiger partial charge >= 0.3 is 0 Å². The molecule has 1 atom stereocenters. The van der Waals surface area contributed by atoms with Crippen molar-refractivity contribution in [3.8, 4) is 0 Å². The molecule has 0 saturated carbocycles. The summed E-state index contributed by atoms with van der Waals surface area (Å²) >= 11 is 0. The summed E-state index contributed by atoms with van der Waals surface area (Å²) < 4.78 is 10.5. The summed E-state index contributed by atoms with van der Waals surface area (Å²) in [6.45, 7) is 4.65. The minimum absolute atomic E-state index is 0.423. The van der Waals surface area contributed by atoms with Gasteiger partial charge in [-0.2, -0.15) is 0 Å². The fraction of sp³-hybridized carbons (Fsp3) is 1.00. The zero-order valence-electron chi connectivity index (χ0n) is 9.14. The van der Waals surface area contributed by atoms with Gasteiger partial charge in [0.05, 0.1) is 6.61 Å². The zero-order valence-corrected chi connectivity index (χ0v) is 9.14. The number of ether oxygens (including phenoxy) is 2. The summed E-state index contributed by atoms with van der Waals surface area (Å²) in [7, 11) is 3.68. The van der Waals surface area contributed by atoms with E-state index in [2.05, 4.69) is 12.2 Å². The highest BCUT2D eigenvalue weighted by Crippen LogP contribution is 1.94. The molecule has 0 fully saturated rings. The second kappa shape index (κ2) is 9.96. The highest BCUT2D eigenvalue weighted by molar-refractivity contribution is 4.62. The Bertz CT molecular complexity index is 98.9. The van der Waals surface area contributed by atoms with Crippen molar-refractivity contribution in [1.29, 1.82) is 0 Å². The van der Waals surface area contributed by atoms with Crippen LogP contribution in [0.25, 0.3) is 0 Å². The van der Waals surface area contributed by atoms with E-state index in [1.807, 2.05) is 7.05 Å². The SMILES string of the molecule is CCCCOCCC(COC)NC. The first-order valence-corrected chi connectivity index (χ1v) is 5.09. The molecule has 0 bridgehead atoms. The van der Waals surface area contributed by atoms with Crippen LogP contribution in [-0.2, 0) is 9.47 Å². The van der Waals surface area contributed by atoms with Crippen molar-refractivity contribution in [3.05, 3.63) is 0 Å². The molecule has 0 radical (unpaired) electrons. The molecule has 3 heteroatoms. The van der Waals surface area contributed by atoms with Gasteiger partial charge in [-0.3, -0.25) is 0 Å². The van der Waals surface area contributed by atoms with E-state index in [0.717, 1.165) is 32.7 Å². The maximum atomic E-state index is 5.46. The Kier molecular flexibility index (Phi) is 9.87. The molecule has 0 aromatic carbocycles. The molecule has 0 aliphatic carbocycles. The largest absolute Gasteiger partial charge is 0.383 e. The first-order valence-electron chi connectivity index (χ1n) is 5.09. The summed E-state index contributed by atoms with van der Waals surface area (Å²) in [5.41, 5.74) is 0. The molecule has 0 heterocycles. The summed E-state index contributed by atoms with van der Waals surface area (Å²) in [4.78, 5) is 0. The average molecular weight is 189 g/mol. The monoisotopic (exact) mass is 189 g/mol. The van der Waals surface area contributed by atoms with Gasteiger partial charge in [-0.05, 0) is 19.9 Å². The average Bonchev–Trinajstić information content (AvgIpc) is 2.16. The van der Waals surface area contributed by atoms with Crippen molar-refractivity contribution in [2.24, 2.45) is 0 Å². The summed E-state index contributed by atoms with van der Waals surface area (Å²) in [5.74, 6) is 0. The second-order valence-electron chi connectivity index (χ2n) is 3.20. The van der Waals surface area contributed by atoms with Gasteiger partial charge in [0.15, 0.2) is 0 Å². The first kappa shape index (κ1) is 12.9. The fourth-order valence-corrected chi connectivity index (χ4v) is 1.09. The van der Waals surface area contributed by atoms with Crippen molar-refractivity contribution < 1.29 is 9.47 Å². The van der Waals surface area contributed by atoms with E-state index in [-0.39, 0.29) is 0 Å². The van der Waals surface area contributed by atoms with E-state index in [1.165, 1.54) is 6.42 Å². The fourth-order valence-electron chi connectivity index (χ4n) is 1.09. The quantitative estimate of drug-likeness (QED) is 0.557. The molecule has 1 N–H and O–H groups in total. The highest BCUT2D eigenvalue weighted by Gasteiger charge is 2.03. The number of unbranched alkanes of at least 4 members (excludes halogenated alkanes) is 1. The van der Waals surface area contributed by atoms with Crippen LogP contribution in [0.3, 0.4) is 0 Å². The number of hydrogen-bond acceptors (Lipinski definition) is 3. The molecule has 80 valence electrons. The van der Waals surface area contributed by atoms with Crippen LogP contribution < -0.4 is 5.32 Å². The topological polar surface area (TPSA) is 30.5 Å². The Morgan fingerprint density at radius 3 is 2.62 bits per heavy atom. The smallest absolute Gasteiger partial charge is 0.0616 e.